The van der Waals surface area contributed by atoms with Crippen LogP contribution in [0.5, 0.6) is 0 Å². The minimum Gasteiger partial charge on any atom is -0.227 e. The van der Waals surface area contributed by atoms with Crippen molar-refractivity contribution in [3.63, 3.8) is 0 Å². The maximum absolute atomic E-state index is 4.69. The van der Waals surface area contributed by atoms with Crippen molar-refractivity contribution in [1.82, 2.24) is 9.97 Å². The Kier molecular flexibility index (Phi) is 4.09. The van der Waals surface area contributed by atoms with Gasteiger partial charge in [-0.3, -0.25) is 0 Å². The number of aryl methyl sites for hydroxylation is 1. The number of rotatable bonds is 4. The van der Waals surface area contributed by atoms with Crippen LogP contribution < -0.4 is 0 Å². The van der Waals surface area contributed by atoms with Gasteiger partial charge in [-0.05, 0) is 31.1 Å². The Labute approximate surface area is 122 Å². The van der Waals surface area contributed by atoms with Crippen molar-refractivity contribution in [2.24, 2.45) is 0 Å². The Morgan fingerprint density at radius 3 is 2.74 bits per heavy atom. The van der Waals surface area contributed by atoms with Gasteiger partial charge in [0.05, 0.1) is 0 Å². The first-order valence-corrected chi connectivity index (χ1v) is 8.68. The third-order valence-corrected chi connectivity index (χ3v) is 4.91. The summed E-state index contributed by atoms with van der Waals surface area (Å²) in [4.78, 5) is 9.32. The Hall–Kier alpha value is -1.00. The maximum atomic E-state index is 4.69. The molecule has 0 amide bonds. The molecule has 0 fully saturated rings. The molecular formula is C15H16N2S2. The van der Waals surface area contributed by atoms with E-state index in [2.05, 4.69) is 35.3 Å². The number of hydrogen-bond acceptors (Lipinski definition) is 4. The highest BCUT2D eigenvalue weighted by Gasteiger charge is 2.19. The van der Waals surface area contributed by atoms with Crippen molar-refractivity contribution < 1.29 is 0 Å². The molecule has 0 saturated heterocycles. The first kappa shape index (κ1) is 13.0. The zero-order chi connectivity index (χ0) is 13.1. The molecule has 2 nitrogen and oxygen atoms in total. The molecule has 1 heterocycles. The molecular weight excluding hydrogens is 272 g/mol. The van der Waals surface area contributed by atoms with Gasteiger partial charge in [-0.15, -0.1) is 11.8 Å². The Morgan fingerprint density at radius 1 is 1.11 bits per heavy atom. The van der Waals surface area contributed by atoms with E-state index >= 15 is 0 Å². The van der Waals surface area contributed by atoms with Crippen LogP contribution in [0.15, 0.2) is 40.5 Å². The molecule has 0 atom stereocenters. The molecule has 98 valence electrons. The number of aromatic nitrogens is 2. The quantitative estimate of drug-likeness (QED) is 0.483. The lowest BCUT2D eigenvalue weighted by Crippen LogP contribution is -1.98. The third kappa shape index (κ3) is 2.95. The molecule has 1 aliphatic rings. The fourth-order valence-electron chi connectivity index (χ4n) is 2.31. The Morgan fingerprint density at radius 2 is 1.95 bits per heavy atom. The first-order valence-electron chi connectivity index (χ1n) is 6.47. The normalized spacial score (nSPS) is 13.5. The van der Waals surface area contributed by atoms with Gasteiger partial charge in [-0.25, -0.2) is 9.97 Å². The van der Waals surface area contributed by atoms with Gasteiger partial charge in [-0.1, -0.05) is 42.1 Å². The average Bonchev–Trinajstić information content (AvgIpc) is 2.94. The second-order valence-electron chi connectivity index (χ2n) is 4.57. The molecule has 1 aromatic carbocycles. The number of fused-ring (bicyclic) bond motifs is 1. The number of hydrogen-bond donors (Lipinski definition) is 0. The standard InChI is InChI=1S/C15H16N2S2/c1-18-15-16-13-9-5-8-12(13)14(17-15)19-10-11-6-3-2-4-7-11/h2-4,6-7H,5,8-10H2,1H3. The summed E-state index contributed by atoms with van der Waals surface area (Å²) >= 11 is 3.48. The molecule has 19 heavy (non-hydrogen) atoms. The van der Waals surface area contributed by atoms with Crippen LogP contribution in [0.2, 0.25) is 0 Å². The summed E-state index contributed by atoms with van der Waals surface area (Å²) in [6.07, 6.45) is 5.52. The van der Waals surface area contributed by atoms with Crippen molar-refractivity contribution in [3.8, 4) is 0 Å². The molecule has 0 bridgehead atoms. The average molecular weight is 288 g/mol. The molecule has 0 saturated carbocycles. The molecule has 1 aliphatic carbocycles. The van der Waals surface area contributed by atoms with Gasteiger partial charge in [0, 0.05) is 17.0 Å². The highest BCUT2D eigenvalue weighted by atomic mass is 32.2. The summed E-state index contributed by atoms with van der Waals surface area (Å²) in [6, 6.07) is 10.6. The minimum absolute atomic E-state index is 0.913. The maximum Gasteiger partial charge on any atom is 0.188 e. The SMILES string of the molecule is CSc1nc2c(c(SCc3ccccc3)n1)CCC2. The molecule has 0 N–H and O–H groups in total. The molecule has 4 heteroatoms. The van der Waals surface area contributed by atoms with Gasteiger partial charge < -0.3 is 0 Å². The minimum atomic E-state index is 0.913. The number of nitrogens with zero attached hydrogens (tertiary/aromatic N) is 2. The lowest BCUT2D eigenvalue weighted by molar-refractivity contribution is 0.841. The molecule has 3 rings (SSSR count). The van der Waals surface area contributed by atoms with Crippen molar-refractivity contribution in [2.75, 3.05) is 6.26 Å². The zero-order valence-corrected chi connectivity index (χ0v) is 12.6. The summed E-state index contributed by atoms with van der Waals surface area (Å²) in [5.41, 5.74) is 4.01. The van der Waals surface area contributed by atoms with Crippen LogP contribution in [0.4, 0.5) is 0 Å². The topological polar surface area (TPSA) is 25.8 Å². The summed E-state index contributed by atoms with van der Waals surface area (Å²) in [5.74, 6) is 0.984. The van der Waals surface area contributed by atoms with Gasteiger partial charge in [0.2, 0.25) is 0 Å². The van der Waals surface area contributed by atoms with Crippen LogP contribution >= 0.6 is 23.5 Å². The van der Waals surface area contributed by atoms with Gasteiger partial charge in [-0.2, -0.15) is 0 Å². The van der Waals surface area contributed by atoms with Crippen LogP contribution in [-0.2, 0) is 18.6 Å². The highest BCUT2D eigenvalue weighted by molar-refractivity contribution is 7.99. The number of benzene rings is 1. The summed E-state index contributed by atoms with van der Waals surface area (Å²) < 4.78 is 0. The molecule has 0 radical (unpaired) electrons. The van der Waals surface area contributed by atoms with Crippen LogP contribution in [0.1, 0.15) is 23.2 Å². The Bertz CT molecular complexity index is 570. The number of thioether (sulfide) groups is 2. The third-order valence-electron chi connectivity index (χ3n) is 3.28. The monoisotopic (exact) mass is 288 g/mol. The van der Waals surface area contributed by atoms with E-state index in [9.17, 15) is 0 Å². The Balaban J connectivity index is 1.82. The lowest BCUT2D eigenvalue weighted by atomic mass is 10.2. The molecule has 2 aromatic rings. The molecule has 0 aliphatic heterocycles. The lowest BCUT2D eigenvalue weighted by Gasteiger charge is -2.08. The summed E-state index contributed by atoms with van der Waals surface area (Å²) in [7, 11) is 0. The van der Waals surface area contributed by atoms with Crippen molar-refractivity contribution >= 4 is 23.5 Å². The van der Waals surface area contributed by atoms with E-state index < -0.39 is 0 Å². The van der Waals surface area contributed by atoms with Gasteiger partial charge in [0.1, 0.15) is 5.03 Å². The smallest absolute Gasteiger partial charge is 0.188 e. The highest BCUT2D eigenvalue weighted by Crippen LogP contribution is 2.32. The van der Waals surface area contributed by atoms with Crippen LogP contribution in [0.25, 0.3) is 0 Å². The second kappa shape index (κ2) is 5.97. The second-order valence-corrected chi connectivity index (χ2v) is 6.31. The molecule has 1 aromatic heterocycles. The van der Waals surface area contributed by atoms with Crippen LogP contribution in [0.3, 0.4) is 0 Å². The van der Waals surface area contributed by atoms with E-state index in [1.807, 2.05) is 18.0 Å². The van der Waals surface area contributed by atoms with Crippen LogP contribution in [-0.4, -0.2) is 16.2 Å². The fraction of sp³-hybridized carbons (Fsp3) is 0.333. The van der Waals surface area contributed by atoms with E-state index in [4.69, 9.17) is 4.98 Å². The first-order chi connectivity index (χ1) is 9.36. The summed E-state index contributed by atoms with van der Waals surface area (Å²) in [5, 5.41) is 2.10. The van der Waals surface area contributed by atoms with Gasteiger partial charge >= 0.3 is 0 Å². The fourth-order valence-corrected chi connectivity index (χ4v) is 3.80. The largest absolute Gasteiger partial charge is 0.227 e. The van der Waals surface area contributed by atoms with E-state index in [1.54, 1.807) is 11.8 Å². The molecule has 0 unspecified atom stereocenters. The zero-order valence-electron chi connectivity index (χ0n) is 10.9. The van der Waals surface area contributed by atoms with Crippen molar-refractivity contribution in [1.29, 1.82) is 0 Å². The predicted octanol–water partition coefficient (Wildman–Crippen LogP) is 3.98. The summed E-state index contributed by atoms with van der Waals surface area (Å²) in [6.45, 7) is 0. The van der Waals surface area contributed by atoms with Crippen molar-refractivity contribution in [3.05, 3.63) is 47.2 Å². The molecule has 0 spiro atoms. The van der Waals surface area contributed by atoms with E-state index in [1.165, 1.54) is 28.3 Å². The van der Waals surface area contributed by atoms with E-state index in [-0.39, 0.29) is 0 Å². The van der Waals surface area contributed by atoms with Crippen LogP contribution in [0, 0.1) is 0 Å². The van der Waals surface area contributed by atoms with Gasteiger partial charge in [0.15, 0.2) is 5.16 Å². The van der Waals surface area contributed by atoms with E-state index in [0.717, 1.165) is 23.8 Å². The van der Waals surface area contributed by atoms with E-state index in [0.29, 0.717) is 0 Å². The predicted molar refractivity (Wildman–Crippen MR) is 81.8 cm³/mol. The van der Waals surface area contributed by atoms with Crippen molar-refractivity contribution in [2.45, 2.75) is 35.2 Å². The van der Waals surface area contributed by atoms with Gasteiger partial charge in [0.25, 0.3) is 0 Å².